The molecule has 0 saturated heterocycles. The Morgan fingerprint density at radius 3 is 1.93 bits per heavy atom. The van der Waals surface area contributed by atoms with Crippen LogP contribution in [0.3, 0.4) is 0 Å². The molecule has 248 valence electrons. The Morgan fingerprint density at radius 1 is 0.844 bits per heavy atom. The van der Waals surface area contributed by atoms with E-state index in [-0.39, 0.29) is 12.2 Å². The molecule has 0 radical (unpaired) electrons. The Balaban J connectivity index is 2.57. The minimum absolute atomic E-state index is 0.0134. The van der Waals surface area contributed by atoms with Gasteiger partial charge in [-0.05, 0) is 97.1 Å². The van der Waals surface area contributed by atoms with Gasteiger partial charge in [-0.1, -0.05) is 42.5 Å². The second-order valence-corrected chi connectivity index (χ2v) is 14.1. The molecular formula is C34H49N3O7S. The van der Waals surface area contributed by atoms with Gasteiger partial charge in [0.05, 0.1) is 0 Å². The summed E-state index contributed by atoms with van der Waals surface area (Å²) in [6.45, 7) is 14.0. The largest absolute Gasteiger partial charge is 0.508 e. The molecule has 2 aromatic rings. The summed E-state index contributed by atoms with van der Waals surface area (Å²) in [7, 11) is 0. The van der Waals surface area contributed by atoms with E-state index in [1.54, 1.807) is 67.5 Å². The number of nitrogens with one attached hydrogen (secondary N) is 2. The van der Waals surface area contributed by atoms with Gasteiger partial charge in [-0.15, -0.1) is 0 Å². The smallest absolute Gasteiger partial charge is 0.408 e. The van der Waals surface area contributed by atoms with Gasteiger partial charge in [0, 0.05) is 12.5 Å². The van der Waals surface area contributed by atoms with Crippen LogP contribution in [0.1, 0.15) is 79.0 Å². The summed E-state index contributed by atoms with van der Waals surface area (Å²) < 4.78 is 11.1. The lowest BCUT2D eigenvalue weighted by Gasteiger charge is -2.38. The average molecular weight is 644 g/mol. The predicted octanol–water partition coefficient (Wildman–Crippen LogP) is 5.39. The summed E-state index contributed by atoms with van der Waals surface area (Å²) >= 11 is 1.52. The molecule has 10 nitrogen and oxygen atoms in total. The number of nitrogens with zero attached hydrogens (tertiary/aromatic N) is 1. The third-order valence-corrected chi connectivity index (χ3v) is 7.08. The first-order chi connectivity index (χ1) is 20.9. The van der Waals surface area contributed by atoms with Crippen molar-refractivity contribution in [2.45, 2.75) is 104 Å². The molecule has 2 aromatic carbocycles. The number of alkyl carbamates (subject to hydrolysis) is 1. The lowest BCUT2D eigenvalue weighted by Crippen LogP contribution is -2.56. The average Bonchev–Trinajstić information content (AvgIpc) is 2.92. The topological polar surface area (TPSA) is 134 Å². The number of thioether (sulfide) groups is 1. The number of aromatic hydroxyl groups is 1. The number of ether oxygens (including phenoxy) is 2. The zero-order chi connectivity index (χ0) is 33.9. The van der Waals surface area contributed by atoms with Crippen molar-refractivity contribution in [2.75, 3.05) is 12.0 Å². The molecule has 0 aliphatic heterocycles. The van der Waals surface area contributed by atoms with Crippen LogP contribution in [0.5, 0.6) is 5.75 Å². The van der Waals surface area contributed by atoms with Crippen molar-refractivity contribution in [3.05, 3.63) is 65.7 Å². The van der Waals surface area contributed by atoms with E-state index in [1.165, 1.54) is 28.8 Å². The first-order valence-electron chi connectivity index (χ1n) is 15.1. The third-order valence-electron chi connectivity index (χ3n) is 6.44. The highest BCUT2D eigenvalue weighted by molar-refractivity contribution is 7.98. The fourth-order valence-electron chi connectivity index (χ4n) is 4.56. The molecule has 0 aromatic heterocycles. The number of amides is 3. The van der Waals surface area contributed by atoms with Crippen LogP contribution in [0.2, 0.25) is 0 Å². The van der Waals surface area contributed by atoms with Crippen LogP contribution in [-0.2, 0) is 30.3 Å². The Labute approximate surface area is 271 Å². The van der Waals surface area contributed by atoms with E-state index < -0.39 is 59.2 Å². The lowest BCUT2D eigenvalue weighted by atomic mass is 9.99. The van der Waals surface area contributed by atoms with Gasteiger partial charge >= 0.3 is 12.1 Å². The number of phenolic OH excluding ortho intramolecular Hbond substituents is 1. The zero-order valence-corrected chi connectivity index (χ0v) is 28.7. The van der Waals surface area contributed by atoms with Gasteiger partial charge in [0.1, 0.15) is 35.1 Å². The summed E-state index contributed by atoms with van der Waals surface area (Å²) in [5.74, 6) is -1.17. The van der Waals surface area contributed by atoms with Gasteiger partial charge < -0.3 is 30.1 Å². The van der Waals surface area contributed by atoms with Crippen LogP contribution < -0.4 is 10.6 Å². The summed E-state index contributed by atoms with van der Waals surface area (Å²) in [5, 5.41) is 15.6. The monoisotopic (exact) mass is 643 g/mol. The second-order valence-electron chi connectivity index (χ2n) is 13.1. The third kappa shape index (κ3) is 12.7. The van der Waals surface area contributed by atoms with E-state index in [2.05, 4.69) is 10.6 Å². The molecule has 0 heterocycles. The molecule has 3 unspecified atom stereocenters. The molecule has 2 rings (SSSR count). The van der Waals surface area contributed by atoms with E-state index in [0.29, 0.717) is 17.7 Å². The minimum atomic E-state index is -1.21. The minimum Gasteiger partial charge on any atom is -0.508 e. The SMILES string of the molecule is CSCCC(NC(=O)OC(C)(C)C)C(=O)N(C(C)C)C(C(=O)NC(Cc1ccccc1)C(=O)OC(C)(C)C)c1ccc(O)cc1. The van der Waals surface area contributed by atoms with E-state index in [4.69, 9.17) is 9.47 Å². The van der Waals surface area contributed by atoms with Crippen molar-refractivity contribution in [3.8, 4) is 5.75 Å². The molecule has 3 atom stereocenters. The number of esters is 1. The van der Waals surface area contributed by atoms with E-state index in [1.807, 2.05) is 36.6 Å². The fourth-order valence-corrected chi connectivity index (χ4v) is 5.04. The maximum atomic E-state index is 14.3. The van der Waals surface area contributed by atoms with Gasteiger partial charge in [-0.3, -0.25) is 9.59 Å². The first kappa shape index (κ1) is 37.5. The fraction of sp³-hybridized carbons (Fsp3) is 0.529. The number of hydrogen-bond donors (Lipinski definition) is 3. The van der Waals surface area contributed by atoms with Crippen molar-refractivity contribution in [1.29, 1.82) is 0 Å². The molecule has 0 saturated carbocycles. The number of carbonyl (C=O) groups excluding carboxylic acids is 4. The standard InChI is InChI=1S/C34H49N3O7S/c1-22(2)37(30(40)26(19-20-45-9)36-32(42)44-34(6,7)8)28(24-15-17-25(38)18-16-24)29(39)35-27(31(41)43-33(3,4)5)21-23-13-11-10-12-14-23/h10-18,22,26-28,38H,19-21H2,1-9H3,(H,35,39)(H,36,42). The van der Waals surface area contributed by atoms with Crippen LogP contribution in [0, 0.1) is 0 Å². The first-order valence-corrected chi connectivity index (χ1v) is 16.5. The summed E-state index contributed by atoms with van der Waals surface area (Å²) in [4.78, 5) is 56.2. The highest BCUT2D eigenvalue weighted by atomic mass is 32.2. The summed E-state index contributed by atoms with van der Waals surface area (Å²) in [5.41, 5.74) is -0.356. The molecule has 45 heavy (non-hydrogen) atoms. The molecule has 0 bridgehead atoms. The zero-order valence-electron chi connectivity index (χ0n) is 27.9. The van der Waals surface area contributed by atoms with Crippen molar-refractivity contribution in [3.63, 3.8) is 0 Å². The van der Waals surface area contributed by atoms with Gasteiger partial charge in [-0.2, -0.15) is 11.8 Å². The van der Waals surface area contributed by atoms with E-state index in [9.17, 15) is 24.3 Å². The van der Waals surface area contributed by atoms with E-state index >= 15 is 0 Å². The quantitative estimate of drug-likeness (QED) is 0.248. The normalized spacial score (nSPS) is 13.7. The maximum absolute atomic E-state index is 14.3. The van der Waals surface area contributed by atoms with Crippen LogP contribution in [0.4, 0.5) is 4.79 Å². The van der Waals surface area contributed by atoms with Crippen LogP contribution in [0.15, 0.2) is 54.6 Å². The van der Waals surface area contributed by atoms with Crippen LogP contribution in [-0.4, -0.2) is 75.2 Å². The Morgan fingerprint density at radius 2 is 1.42 bits per heavy atom. The highest BCUT2D eigenvalue weighted by Gasteiger charge is 2.39. The predicted molar refractivity (Wildman–Crippen MR) is 177 cm³/mol. The molecule has 0 fully saturated rings. The van der Waals surface area contributed by atoms with Crippen molar-refractivity contribution in [1.82, 2.24) is 15.5 Å². The Kier molecular flexibility index (Phi) is 13.8. The molecule has 11 heteroatoms. The van der Waals surface area contributed by atoms with Gasteiger partial charge in [0.15, 0.2) is 0 Å². The maximum Gasteiger partial charge on any atom is 0.408 e. The number of phenols is 1. The second kappa shape index (κ2) is 16.5. The number of carbonyl (C=O) groups is 4. The van der Waals surface area contributed by atoms with Crippen LogP contribution in [0.25, 0.3) is 0 Å². The number of benzene rings is 2. The van der Waals surface area contributed by atoms with Crippen LogP contribution >= 0.6 is 11.8 Å². The number of hydrogen-bond acceptors (Lipinski definition) is 8. The summed E-state index contributed by atoms with van der Waals surface area (Å²) in [6, 6.07) is 11.4. The molecular weight excluding hydrogens is 594 g/mol. The Hall–Kier alpha value is -3.73. The molecule has 3 N–H and O–H groups in total. The van der Waals surface area contributed by atoms with Gasteiger partial charge in [0.2, 0.25) is 11.8 Å². The van der Waals surface area contributed by atoms with Gasteiger partial charge in [0.25, 0.3) is 0 Å². The van der Waals surface area contributed by atoms with Crippen molar-refractivity contribution < 1.29 is 33.8 Å². The van der Waals surface area contributed by atoms with E-state index in [0.717, 1.165) is 5.56 Å². The highest BCUT2D eigenvalue weighted by Crippen LogP contribution is 2.28. The van der Waals surface area contributed by atoms with Gasteiger partial charge in [-0.25, -0.2) is 9.59 Å². The van der Waals surface area contributed by atoms with Crippen molar-refractivity contribution in [2.24, 2.45) is 0 Å². The lowest BCUT2D eigenvalue weighted by molar-refractivity contribution is -0.159. The summed E-state index contributed by atoms with van der Waals surface area (Å²) in [6.07, 6.45) is 1.60. The Bertz CT molecular complexity index is 1270. The number of rotatable bonds is 13. The molecule has 3 amide bonds. The molecule has 0 spiro atoms. The molecule has 0 aliphatic rings. The molecule has 0 aliphatic carbocycles. The van der Waals surface area contributed by atoms with Crippen molar-refractivity contribution >= 4 is 35.6 Å².